The van der Waals surface area contributed by atoms with Crippen LogP contribution in [0.3, 0.4) is 0 Å². The van der Waals surface area contributed by atoms with E-state index in [2.05, 4.69) is 31.1 Å². The normalized spacial score (nSPS) is 10.1. The highest BCUT2D eigenvalue weighted by Crippen LogP contribution is 2.23. The van der Waals surface area contributed by atoms with Crippen LogP contribution in [0.25, 0.3) is 0 Å². The summed E-state index contributed by atoms with van der Waals surface area (Å²) in [5, 5.41) is 5.63. The maximum atomic E-state index is 11.7. The minimum Gasteiger partial charge on any atom is -0.484 e. The molecule has 114 valence electrons. The van der Waals surface area contributed by atoms with Gasteiger partial charge >= 0.3 is 0 Å². The van der Waals surface area contributed by atoms with Gasteiger partial charge in [-0.3, -0.25) is 4.79 Å². The van der Waals surface area contributed by atoms with Crippen LogP contribution in [0, 0.1) is 6.92 Å². The van der Waals surface area contributed by atoms with Crippen molar-refractivity contribution in [3.63, 3.8) is 0 Å². The molecule has 1 amide bonds. The Hall–Kier alpha value is -1.88. The maximum absolute atomic E-state index is 11.7. The van der Waals surface area contributed by atoms with Crippen molar-refractivity contribution in [2.45, 2.75) is 26.7 Å². The fraction of sp³-hybridized carbons (Fsp3) is 0.375. The van der Waals surface area contributed by atoms with E-state index in [4.69, 9.17) is 17.0 Å². The lowest BCUT2D eigenvalue weighted by atomic mass is 9.98. The number of hydrogen-bond donors (Lipinski definition) is 2. The number of nitrogens with one attached hydrogen (secondary N) is 2. The molecular formula is C16H22N2O2S. The van der Waals surface area contributed by atoms with E-state index in [0.717, 1.165) is 5.56 Å². The molecule has 0 fully saturated rings. The quantitative estimate of drug-likeness (QED) is 0.627. The summed E-state index contributed by atoms with van der Waals surface area (Å²) >= 11 is 4.95. The topological polar surface area (TPSA) is 50.4 Å². The van der Waals surface area contributed by atoms with E-state index < -0.39 is 0 Å². The molecule has 1 aromatic carbocycles. The second-order valence-corrected chi connectivity index (χ2v) is 5.42. The number of aryl methyl sites for hydroxylation is 1. The van der Waals surface area contributed by atoms with Gasteiger partial charge < -0.3 is 15.4 Å². The van der Waals surface area contributed by atoms with Gasteiger partial charge in [-0.05, 0) is 48.3 Å². The van der Waals surface area contributed by atoms with Gasteiger partial charge in [-0.2, -0.15) is 0 Å². The summed E-state index contributed by atoms with van der Waals surface area (Å²) < 4.78 is 5.47. The standard InChI is InChI=1S/C16H22N2O2S/c1-5-8-17-16(21)18-15(19)10-20-13-6-7-14(11(2)3)12(4)9-13/h5-7,9,11H,1,8,10H2,2-4H3,(H2,17,18,19,21). The molecule has 1 rings (SSSR count). The van der Waals surface area contributed by atoms with E-state index in [0.29, 0.717) is 18.2 Å². The first-order chi connectivity index (χ1) is 9.93. The summed E-state index contributed by atoms with van der Waals surface area (Å²) in [7, 11) is 0. The van der Waals surface area contributed by atoms with Crippen LogP contribution in [0.1, 0.15) is 30.9 Å². The molecule has 0 saturated heterocycles. The minimum atomic E-state index is -0.290. The van der Waals surface area contributed by atoms with Gasteiger partial charge in [0, 0.05) is 6.54 Å². The van der Waals surface area contributed by atoms with Gasteiger partial charge in [-0.15, -0.1) is 6.58 Å². The van der Waals surface area contributed by atoms with Crippen LogP contribution in [-0.2, 0) is 4.79 Å². The monoisotopic (exact) mass is 306 g/mol. The van der Waals surface area contributed by atoms with Crippen LogP contribution < -0.4 is 15.4 Å². The smallest absolute Gasteiger partial charge is 0.264 e. The van der Waals surface area contributed by atoms with Crippen molar-refractivity contribution in [2.75, 3.05) is 13.2 Å². The van der Waals surface area contributed by atoms with E-state index in [9.17, 15) is 4.79 Å². The molecule has 0 unspecified atom stereocenters. The number of carbonyl (C=O) groups excluding carboxylic acids is 1. The predicted molar refractivity (Wildman–Crippen MR) is 89.7 cm³/mol. The molecule has 0 spiro atoms. The number of rotatable bonds is 6. The Labute approximate surface area is 131 Å². The van der Waals surface area contributed by atoms with Crippen molar-refractivity contribution in [1.82, 2.24) is 10.6 Å². The van der Waals surface area contributed by atoms with Crippen molar-refractivity contribution >= 4 is 23.2 Å². The van der Waals surface area contributed by atoms with E-state index in [-0.39, 0.29) is 17.6 Å². The zero-order valence-corrected chi connectivity index (χ0v) is 13.5. The molecule has 0 aliphatic carbocycles. The van der Waals surface area contributed by atoms with E-state index in [1.807, 2.05) is 25.1 Å². The molecule has 0 heterocycles. The number of ether oxygens (including phenoxy) is 1. The molecule has 0 radical (unpaired) electrons. The Morgan fingerprint density at radius 1 is 1.48 bits per heavy atom. The lowest BCUT2D eigenvalue weighted by Crippen LogP contribution is -2.41. The molecule has 0 saturated carbocycles. The molecule has 0 bridgehead atoms. The molecule has 0 atom stereocenters. The summed E-state index contributed by atoms with van der Waals surface area (Å²) in [6.07, 6.45) is 1.66. The Bertz CT molecular complexity index is 527. The Kier molecular flexibility index (Phi) is 6.88. The highest BCUT2D eigenvalue weighted by atomic mass is 32.1. The number of hydrogen-bond acceptors (Lipinski definition) is 3. The maximum Gasteiger partial charge on any atom is 0.264 e. The molecular weight excluding hydrogens is 284 g/mol. The first-order valence-corrected chi connectivity index (χ1v) is 7.26. The molecule has 1 aromatic rings. The van der Waals surface area contributed by atoms with Crippen molar-refractivity contribution in [1.29, 1.82) is 0 Å². The predicted octanol–water partition coefficient (Wildman–Crippen LogP) is 2.67. The first kappa shape index (κ1) is 17.2. The Morgan fingerprint density at radius 3 is 2.76 bits per heavy atom. The molecule has 4 nitrogen and oxygen atoms in total. The summed E-state index contributed by atoms with van der Waals surface area (Å²) in [5.74, 6) is 0.856. The molecule has 21 heavy (non-hydrogen) atoms. The fourth-order valence-corrected chi connectivity index (χ4v) is 2.10. The second kappa shape index (κ2) is 8.42. The zero-order chi connectivity index (χ0) is 15.8. The third kappa shape index (κ3) is 5.95. The van der Waals surface area contributed by atoms with Gasteiger partial charge in [0.15, 0.2) is 11.7 Å². The first-order valence-electron chi connectivity index (χ1n) is 6.86. The van der Waals surface area contributed by atoms with Crippen LogP contribution in [0.4, 0.5) is 0 Å². The van der Waals surface area contributed by atoms with Gasteiger partial charge in [0.25, 0.3) is 5.91 Å². The van der Waals surface area contributed by atoms with Gasteiger partial charge in [-0.25, -0.2) is 0 Å². The second-order valence-electron chi connectivity index (χ2n) is 5.01. The van der Waals surface area contributed by atoms with Crippen LogP contribution in [-0.4, -0.2) is 24.2 Å². The van der Waals surface area contributed by atoms with Crippen LogP contribution in [0.15, 0.2) is 30.9 Å². The fourth-order valence-electron chi connectivity index (χ4n) is 1.91. The summed E-state index contributed by atoms with van der Waals surface area (Å²) in [6.45, 7) is 10.3. The number of benzene rings is 1. The van der Waals surface area contributed by atoms with Gasteiger partial charge in [0.1, 0.15) is 5.75 Å². The average molecular weight is 306 g/mol. The third-order valence-electron chi connectivity index (χ3n) is 2.89. The van der Waals surface area contributed by atoms with Crippen molar-refractivity contribution in [2.24, 2.45) is 0 Å². The van der Waals surface area contributed by atoms with Gasteiger partial charge in [0.2, 0.25) is 0 Å². The minimum absolute atomic E-state index is 0.0730. The zero-order valence-electron chi connectivity index (χ0n) is 12.7. The lowest BCUT2D eigenvalue weighted by molar-refractivity contribution is -0.121. The van der Waals surface area contributed by atoms with Crippen molar-refractivity contribution in [3.05, 3.63) is 42.0 Å². The Morgan fingerprint density at radius 2 is 2.19 bits per heavy atom. The highest BCUT2D eigenvalue weighted by molar-refractivity contribution is 7.80. The van der Waals surface area contributed by atoms with E-state index in [1.165, 1.54) is 5.56 Å². The lowest BCUT2D eigenvalue weighted by Gasteiger charge is -2.13. The van der Waals surface area contributed by atoms with Crippen molar-refractivity contribution in [3.8, 4) is 5.75 Å². The molecule has 0 aliphatic rings. The van der Waals surface area contributed by atoms with Crippen LogP contribution >= 0.6 is 12.2 Å². The summed E-state index contributed by atoms with van der Waals surface area (Å²) in [6, 6.07) is 5.85. The Balaban J connectivity index is 2.48. The van der Waals surface area contributed by atoms with Crippen LogP contribution in [0.5, 0.6) is 5.75 Å². The van der Waals surface area contributed by atoms with Crippen LogP contribution in [0.2, 0.25) is 0 Å². The molecule has 0 aliphatic heterocycles. The number of carbonyl (C=O) groups is 1. The third-order valence-corrected chi connectivity index (χ3v) is 3.14. The molecule has 2 N–H and O–H groups in total. The summed E-state index contributed by atoms with van der Waals surface area (Å²) in [5.41, 5.74) is 2.44. The van der Waals surface area contributed by atoms with Gasteiger partial charge in [0.05, 0.1) is 0 Å². The average Bonchev–Trinajstić information content (AvgIpc) is 2.42. The highest BCUT2D eigenvalue weighted by Gasteiger charge is 2.07. The van der Waals surface area contributed by atoms with Gasteiger partial charge in [-0.1, -0.05) is 26.0 Å². The van der Waals surface area contributed by atoms with E-state index >= 15 is 0 Å². The molecule has 0 aromatic heterocycles. The SMILES string of the molecule is C=CCNC(=S)NC(=O)COc1ccc(C(C)C)c(C)c1. The number of thiocarbonyl (C=S) groups is 1. The van der Waals surface area contributed by atoms with E-state index in [1.54, 1.807) is 6.08 Å². The number of amides is 1. The molecule has 5 heteroatoms. The summed E-state index contributed by atoms with van der Waals surface area (Å²) in [4.78, 5) is 11.7. The largest absolute Gasteiger partial charge is 0.484 e. The van der Waals surface area contributed by atoms with Crippen molar-refractivity contribution < 1.29 is 9.53 Å².